The van der Waals surface area contributed by atoms with Crippen LogP contribution in [0.25, 0.3) is 0 Å². The van der Waals surface area contributed by atoms with Crippen LogP contribution in [0.4, 0.5) is 0 Å². The molecule has 0 unspecified atom stereocenters. The van der Waals surface area contributed by atoms with Gasteiger partial charge >= 0.3 is 0 Å². The molecule has 1 aromatic heterocycles. The van der Waals surface area contributed by atoms with E-state index in [9.17, 15) is 14.7 Å². The Morgan fingerprint density at radius 2 is 1.89 bits per heavy atom. The van der Waals surface area contributed by atoms with Gasteiger partial charge in [0.15, 0.2) is 0 Å². The van der Waals surface area contributed by atoms with E-state index in [1.165, 1.54) is 0 Å². The van der Waals surface area contributed by atoms with Crippen molar-refractivity contribution in [3.05, 3.63) is 87.7 Å². The molecular formula is C27H28Cl2N4O3. The minimum Gasteiger partial charge on any atom is -0.391 e. The molecule has 2 aliphatic rings. The first kappa shape index (κ1) is 24.8. The summed E-state index contributed by atoms with van der Waals surface area (Å²) in [6.07, 6.45) is 5.92. The van der Waals surface area contributed by atoms with E-state index in [4.69, 9.17) is 23.2 Å². The molecule has 1 aliphatic carbocycles. The average Bonchev–Trinajstić information content (AvgIpc) is 3.38. The highest BCUT2D eigenvalue weighted by Crippen LogP contribution is 2.47. The predicted octanol–water partition coefficient (Wildman–Crippen LogP) is 4.59. The minimum absolute atomic E-state index is 0.201. The van der Waals surface area contributed by atoms with Gasteiger partial charge in [-0.2, -0.15) is 5.10 Å². The van der Waals surface area contributed by atoms with Gasteiger partial charge in [-0.15, -0.1) is 0 Å². The van der Waals surface area contributed by atoms with Crippen LogP contribution in [0.5, 0.6) is 0 Å². The number of carbonyl (C=O) groups is 2. The van der Waals surface area contributed by atoms with Crippen LogP contribution in [-0.4, -0.2) is 50.3 Å². The SMILES string of the molecule is O=C(NCCn1cccn1)[C@@H]1c2ccccc2C(=O)N([C@H]2CCCC[C@@H]2O)[C@H]1c1ccc(Cl)cc1Cl. The van der Waals surface area contributed by atoms with Crippen LogP contribution in [0.15, 0.2) is 60.9 Å². The summed E-state index contributed by atoms with van der Waals surface area (Å²) in [6, 6.07) is 13.1. The summed E-state index contributed by atoms with van der Waals surface area (Å²) in [7, 11) is 0. The number of fused-ring (bicyclic) bond motifs is 1. The molecule has 9 heteroatoms. The minimum atomic E-state index is -0.718. The van der Waals surface area contributed by atoms with Crippen LogP contribution in [0.3, 0.4) is 0 Å². The van der Waals surface area contributed by atoms with Gasteiger partial charge in [-0.05, 0) is 48.2 Å². The molecule has 2 heterocycles. The van der Waals surface area contributed by atoms with Crippen LogP contribution in [0.1, 0.15) is 59.1 Å². The highest BCUT2D eigenvalue weighted by Gasteiger charge is 2.48. The van der Waals surface area contributed by atoms with E-state index in [2.05, 4.69) is 10.4 Å². The van der Waals surface area contributed by atoms with E-state index >= 15 is 0 Å². The van der Waals surface area contributed by atoms with E-state index in [-0.39, 0.29) is 11.8 Å². The summed E-state index contributed by atoms with van der Waals surface area (Å²) < 4.78 is 1.75. The third-order valence-electron chi connectivity index (χ3n) is 7.19. The first-order valence-corrected chi connectivity index (χ1v) is 13.0. The molecule has 188 valence electrons. The third-order valence-corrected chi connectivity index (χ3v) is 7.75. The number of aliphatic hydroxyl groups excluding tert-OH is 1. The predicted molar refractivity (Wildman–Crippen MR) is 138 cm³/mol. The van der Waals surface area contributed by atoms with Gasteiger partial charge in [-0.1, -0.05) is 60.3 Å². The standard InChI is InChI=1S/C27H28Cl2N4O3/c28-17-10-11-20(21(29)16-17)25-24(26(35)30-13-15-32-14-5-12-31-32)18-6-1-2-7-19(18)27(36)33(25)22-8-3-4-9-23(22)34/h1-2,5-7,10-12,14,16,22-25,34H,3-4,8-9,13,15H2,(H,30,35)/t22-,23-,24+,25-/m0/s1. The second kappa shape index (κ2) is 10.6. The first-order valence-electron chi connectivity index (χ1n) is 12.3. The van der Waals surface area contributed by atoms with Crippen molar-refractivity contribution < 1.29 is 14.7 Å². The van der Waals surface area contributed by atoms with Crippen molar-refractivity contribution in [1.82, 2.24) is 20.0 Å². The maximum Gasteiger partial charge on any atom is 0.255 e. The average molecular weight is 527 g/mol. The van der Waals surface area contributed by atoms with Gasteiger partial charge in [0.25, 0.3) is 5.91 Å². The first-order chi connectivity index (χ1) is 17.5. The summed E-state index contributed by atoms with van der Waals surface area (Å²) in [6.45, 7) is 0.893. The van der Waals surface area contributed by atoms with Gasteiger partial charge in [0.2, 0.25) is 5.91 Å². The Morgan fingerprint density at radius 1 is 1.08 bits per heavy atom. The number of nitrogens with one attached hydrogen (secondary N) is 1. The molecule has 3 aromatic rings. The monoisotopic (exact) mass is 526 g/mol. The number of aromatic nitrogens is 2. The Kier molecular flexibility index (Phi) is 7.32. The molecule has 0 bridgehead atoms. The Balaban J connectivity index is 1.59. The van der Waals surface area contributed by atoms with E-state index < -0.39 is 24.1 Å². The second-order valence-electron chi connectivity index (χ2n) is 9.37. The Hall–Kier alpha value is -2.87. The number of aliphatic hydroxyl groups is 1. The van der Waals surface area contributed by atoms with E-state index in [1.807, 2.05) is 24.4 Å². The van der Waals surface area contributed by atoms with E-state index in [0.717, 1.165) is 12.8 Å². The fourth-order valence-electron chi connectivity index (χ4n) is 5.52. The normalized spacial score (nSPS) is 23.9. The van der Waals surface area contributed by atoms with Crippen molar-refractivity contribution in [2.75, 3.05) is 6.54 Å². The third kappa shape index (κ3) is 4.75. The number of rotatable bonds is 6. The van der Waals surface area contributed by atoms with Crippen molar-refractivity contribution in [3.8, 4) is 0 Å². The number of hydrogen-bond donors (Lipinski definition) is 2. The molecule has 5 rings (SSSR count). The Bertz CT molecular complexity index is 1250. The largest absolute Gasteiger partial charge is 0.391 e. The number of amides is 2. The molecule has 0 saturated heterocycles. The zero-order chi connectivity index (χ0) is 25.2. The highest BCUT2D eigenvalue weighted by atomic mass is 35.5. The van der Waals surface area contributed by atoms with Gasteiger partial charge in [0.1, 0.15) is 0 Å². The van der Waals surface area contributed by atoms with Gasteiger partial charge < -0.3 is 15.3 Å². The molecule has 4 atom stereocenters. The lowest BCUT2D eigenvalue weighted by atomic mass is 9.76. The molecule has 0 radical (unpaired) electrons. The molecule has 1 aliphatic heterocycles. The van der Waals surface area contributed by atoms with Crippen molar-refractivity contribution >= 4 is 35.0 Å². The highest BCUT2D eigenvalue weighted by molar-refractivity contribution is 6.35. The lowest BCUT2D eigenvalue weighted by molar-refractivity contribution is -0.125. The lowest BCUT2D eigenvalue weighted by Gasteiger charge is -2.48. The number of nitrogens with zero attached hydrogens (tertiary/aromatic N) is 3. The van der Waals surface area contributed by atoms with Crippen LogP contribution in [0.2, 0.25) is 10.0 Å². The van der Waals surface area contributed by atoms with Crippen LogP contribution >= 0.6 is 23.2 Å². The maximum absolute atomic E-state index is 14.0. The molecule has 1 fully saturated rings. The second-order valence-corrected chi connectivity index (χ2v) is 10.2. The summed E-state index contributed by atoms with van der Waals surface area (Å²) in [4.78, 5) is 29.5. The van der Waals surface area contributed by atoms with E-state index in [1.54, 1.807) is 46.1 Å². The molecule has 2 aromatic carbocycles. The molecular weight excluding hydrogens is 499 g/mol. The Labute approximate surface area is 220 Å². The number of carbonyl (C=O) groups excluding carboxylic acids is 2. The fourth-order valence-corrected chi connectivity index (χ4v) is 6.04. The summed E-state index contributed by atoms with van der Waals surface area (Å²) in [5, 5.41) is 19.1. The molecule has 1 saturated carbocycles. The van der Waals surface area contributed by atoms with Crippen LogP contribution in [-0.2, 0) is 11.3 Å². The summed E-state index contributed by atoms with van der Waals surface area (Å²) in [5.41, 5.74) is 1.76. The zero-order valence-electron chi connectivity index (χ0n) is 19.7. The van der Waals surface area contributed by atoms with Crippen molar-refractivity contribution in [3.63, 3.8) is 0 Å². The quantitative estimate of drug-likeness (QED) is 0.491. The summed E-state index contributed by atoms with van der Waals surface area (Å²) in [5.74, 6) is -1.13. The zero-order valence-corrected chi connectivity index (χ0v) is 21.2. The van der Waals surface area contributed by atoms with Crippen molar-refractivity contribution in [2.45, 2.75) is 56.3 Å². The molecule has 0 spiro atoms. The van der Waals surface area contributed by atoms with Crippen LogP contribution < -0.4 is 5.32 Å². The van der Waals surface area contributed by atoms with Gasteiger partial charge in [0.05, 0.1) is 30.7 Å². The molecule has 2 amide bonds. The molecule has 36 heavy (non-hydrogen) atoms. The topological polar surface area (TPSA) is 87.5 Å². The van der Waals surface area contributed by atoms with Crippen LogP contribution in [0, 0.1) is 0 Å². The molecule has 2 N–H and O–H groups in total. The van der Waals surface area contributed by atoms with Crippen molar-refractivity contribution in [2.24, 2.45) is 0 Å². The van der Waals surface area contributed by atoms with Gasteiger partial charge in [-0.25, -0.2) is 0 Å². The number of benzene rings is 2. The summed E-state index contributed by atoms with van der Waals surface area (Å²) >= 11 is 12.9. The Morgan fingerprint density at radius 3 is 2.64 bits per heavy atom. The van der Waals surface area contributed by atoms with Crippen molar-refractivity contribution in [1.29, 1.82) is 0 Å². The fraction of sp³-hybridized carbons (Fsp3) is 0.370. The van der Waals surface area contributed by atoms with Gasteiger partial charge in [-0.3, -0.25) is 14.3 Å². The number of halogens is 2. The van der Waals surface area contributed by atoms with E-state index in [0.29, 0.717) is 52.7 Å². The smallest absolute Gasteiger partial charge is 0.255 e. The van der Waals surface area contributed by atoms with Gasteiger partial charge in [0, 0.05) is 34.5 Å². The molecule has 7 nitrogen and oxygen atoms in total. The lowest BCUT2D eigenvalue weighted by Crippen LogP contribution is -2.55. The number of hydrogen-bond acceptors (Lipinski definition) is 4. The maximum atomic E-state index is 14.0.